The molecule has 0 aliphatic heterocycles. The Kier molecular flexibility index (Phi) is 5.53. The van der Waals surface area contributed by atoms with Crippen LogP contribution in [0.4, 0.5) is 0 Å². The first kappa shape index (κ1) is 16.5. The number of para-hydroxylation sites is 2. The summed E-state index contributed by atoms with van der Waals surface area (Å²) in [7, 11) is -0.165. The number of aromatic nitrogens is 2. The highest BCUT2D eigenvalue weighted by molar-refractivity contribution is 7.89. The molecule has 0 amide bonds. The fourth-order valence-electron chi connectivity index (χ4n) is 1.95. The van der Waals surface area contributed by atoms with Gasteiger partial charge in [0.25, 0.3) is 0 Å². The number of ether oxygens (including phenoxy) is 1. The summed E-state index contributed by atoms with van der Waals surface area (Å²) >= 11 is 0. The van der Waals surface area contributed by atoms with Crippen LogP contribution >= 0.6 is 0 Å². The van der Waals surface area contributed by atoms with Gasteiger partial charge in [0.05, 0.1) is 19.5 Å². The van der Waals surface area contributed by atoms with Gasteiger partial charge in [-0.2, -0.15) is 5.10 Å². The first-order chi connectivity index (χ1) is 10.6. The van der Waals surface area contributed by atoms with Crippen LogP contribution in [0.15, 0.2) is 41.6 Å². The van der Waals surface area contributed by atoms with Gasteiger partial charge in [-0.15, -0.1) is 0 Å². The molecule has 22 heavy (non-hydrogen) atoms. The van der Waals surface area contributed by atoms with E-state index in [0.29, 0.717) is 18.0 Å². The third-order valence-electron chi connectivity index (χ3n) is 3.10. The van der Waals surface area contributed by atoms with Crippen molar-refractivity contribution in [3.05, 3.63) is 36.7 Å². The molecule has 2 aromatic rings. The molecule has 8 heteroatoms. The van der Waals surface area contributed by atoms with Crippen molar-refractivity contribution in [1.82, 2.24) is 19.8 Å². The molecule has 0 bridgehead atoms. The summed E-state index contributed by atoms with van der Waals surface area (Å²) in [5.41, 5.74) is 0.682. The van der Waals surface area contributed by atoms with Crippen molar-refractivity contribution in [2.45, 2.75) is 11.3 Å². The Balaban J connectivity index is 2.17. The average molecular weight is 324 g/mol. The first-order valence-electron chi connectivity index (χ1n) is 6.91. The molecule has 7 nitrogen and oxygen atoms in total. The zero-order valence-corrected chi connectivity index (χ0v) is 13.4. The lowest BCUT2D eigenvalue weighted by molar-refractivity contribution is 0.411. The summed E-state index contributed by atoms with van der Waals surface area (Å²) in [6, 6.07) is 7.28. The number of benzene rings is 1. The number of nitrogens with zero attached hydrogens (tertiary/aromatic N) is 2. The Morgan fingerprint density at radius 3 is 2.77 bits per heavy atom. The third-order valence-corrected chi connectivity index (χ3v) is 4.51. The van der Waals surface area contributed by atoms with Gasteiger partial charge in [-0.3, -0.25) is 0 Å². The zero-order valence-electron chi connectivity index (χ0n) is 12.6. The maximum absolute atomic E-state index is 12.2. The summed E-state index contributed by atoms with van der Waals surface area (Å²) in [5, 5.41) is 7.08. The maximum atomic E-state index is 12.2. The minimum atomic E-state index is -3.55. The standard InChI is InChI=1S/C14H20N4O3S/c1-15-8-5-9-17-22(19,20)12-10-16-18(11-12)13-6-3-4-7-14(13)21-2/h3-4,6-7,10-11,15,17H,5,8-9H2,1-2H3. The van der Waals surface area contributed by atoms with Gasteiger partial charge in [0, 0.05) is 6.54 Å². The van der Waals surface area contributed by atoms with Gasteiger partial charge >= 0.3 is 0 Å². The lowest BCUT2D eigenvalue weighted by Gasteiger charge is -2.07. The van der Waals surface area contributed by atoms with Gasteiger partial charge in [0.1, 0.15) is 16.3 Å². The van der Waals surface area contributed by atoms with E-state index in [1.807, 2.05) is 25.2 Å². The van der Waals surface area contributed by atoms with Gasteiger partial charge < -0.3 is 10.1 Å². The second-order valence-electron chi connectivity index (χ2n) is 4.65. The molecule has 0 fully saturated rings. The Hall–Kier alpha value is -1.90. The Morgan fingerprint density at radius 2 is 2.05 bits per heavy atom. The Morgan fingerprint density at radius 1 is 1.27 bits per heavy atom. The lowest BCUT2D eigenvalue weighted by Crippen LogP contribution is -2.26. The van der Waals surface area contributed by atoms with Crippen molar-refractivity contribution in [2.75, 3.05) is 27.2 Å². The number of nitrogens with one attached hydrogen (secondary N) is 2. The molecule has 120 valence electrons. The quantitative estimate of drug-likeness (QED) is 0.701. The molecule has 0 saturated heterocycles. The summed E-state index contributed by atoms with van der Waals surface area (Å²) in [6.07, 6.45) is 3.52. The van der Waals surface area contributed by atoms with Crippen molar-refractivity contribution in [3.8, 4) is 11.4 Å². The summed E-state index contributed by atoms with van der Waals surface area (Å²) in [5.74, 6) is 0.622. The van der Waals surface area contributed by atoms with Crippen LogP contribution in [0.5, 0.6) is 5.75 Å². The molecule has 0 spiro atoms. The highest BCUT2D eigenvalue weighted by Gasteiger charge is 2.17. The van der Waals surface area contributed by atoms with E-state index < -0.39 is 10.0 Å². The highest BCUT2D eigenvalue weighted by Crippen LogP contribution is 2.22. The largest absolute Gasteiger partial charge is 0.494 e. The van der Waals surface area contributed by atoms with Crippen molar-refractivity contribution < 1.29 is 13.2 Å². The molecule has 1 heterocycles. The predicted molar refractivity (Wildman–Crippen MR) is 83.8 cm³/mol. The van der Waals surface area contributed by atoms with E-state index in [9.17, 15) is 8.42 Å². The van der Waals surface area contributed by atoms with Gasteiger partial charge in [-0.05, 0) is 32.1 Å². The average Bonchev–Trinajstić information content (AvgIpc) is 3.02. The van der Waals surface area contributed by atoms with E-state index in [1.165, 1.54) is 17.1 Å². The fourth-order valence-corrected chi connectivity index (χ4v) is 2.96. The van der Waals surface area contributed by atoms with Crippen LogP contribution in [-0.2, 0) is 10.0 Å². The minimum absolute atomic E-state index is 0.128. The second kappa shape index (κ2) is 7.39. The van der Waals surface area contributed by atoms with Gasteiger partial charge in [-0.1, -0.05) is 12.1 Å². The molecule has 1 aromatic carbocycles. The minimum Gasteiger partial charge on any atom is -0.494 e. The summed E-state index contributed by atoms with van der Waals surface area (Å²) in [4.78, 5) is 0.128. The Labute approximate surface area is 130 Å². The van der Waals surface area contributed by atoms with Crippen LogP contribution in [0.1, 0.15) is 6.42 Å². The molecule has 0 radical (unpaired) electrons. The normalized spacial score (nSPS) is 11.5. The molecule has 2 rings (SSSR count). The van der Waals surface area contributed by atoms with Crippen LogP contribution in [0, 0.1) is 0 Å². The molecular formula is C14H20N4O3S. The molecule has 0 unspecified atom stereocenters. The van der Waals surface area contributed by atoms with Crippen LogP contribution in [0.25, 0.3) is 5.69 Å². The van der Waals surface area contributed by atoms with Crippen molar-refractivity contribution in [3.63, 3.8) is 0 Å². The van der Waals surface area contributed by atoms with E-state index in [2.05, 4.69) is 15.1 Å². The van der Waals surface area contributed by atoms with E-state index in [4.69, 9.17) is 4.74 Å². The van der Waals surface area contributed by atoms with Gasteiger partial charge in [0.15, 0.2) is 0 Å². The number of hydrogen-bond acceptors (Lipinski definition) is 5. The zero-order chi connectivity index (χ0) is 16.0. The number of sulfonamides is 1. The molecule has 2 N–H and O–H groups in total. The van der Waals surface area contributed by atoms with E-state index in [1.54, 1.807) is 13.2 Å². The Bertz CT molecular complexity index is 712. The first-order valence-corrected chi connectivity index (χ1v) is 8.39. The van der Waals surface area contributed by atoms with Crippen molar-refractivity contribution in [1.29, 1.82) is 0 Å². The van der Waals surface area contributed by atoms with Crippen LogP contribution in [0.2, 0.25) is 0 Å². The monoisotopic (exact) mass is 324 g/mol. The van der Waals surface area contributed by atoms with E-state index in [-0.39, 0.29) is 4.90 Å². The number of rotatable bonds is 8. The molecule has 0 saturated carbocycles. The molecule has 0 atom stereocenters. The maximum Gasteiger partial charge on any atom is 0.243 e. The topological polar surface area (TPSA) is 85.3 Å². The van der Waals surface area contributed by atoms with E-state index in [0.717, 1.165) is 13.0 Å². The second-order valence-corrected chi connectivity index (χ2v) is 6.41. The van der Waals surface area contributed by atoms with Crippen LogP contribution < -0.4 is 14.8 Å². The van der Waals surface area contributed by atoms with Gasteiger partial charge in [-0.25, -0.2) is 17.8 Å². The number of methoxy groups -OCH3 is 1. The molecule has 0 aliphatic carbocycles. The third kappa shape index (κ3) is 3.85. The summed E-state index contributed by atoms with van der Waals surface area (Å²) in [6.45, 7) is 1.13. The van der Waals surface area contributed by atoms with E-state index >= 15 is 0 Å². The van der Waals surface area contributed by atoms with Crippen LogP contribution in [0.3, 0.4) is 0 Å². The van der Waals surface area contributed by atoms with Crippen molar-refractivity contribution in [2.24, 2.45) is 0 Å². The number of hydrogen-bond donors (Lipinski definition) is 2. The molecule has 1 aromatic heterocycles. The van der Waals surface area contributed by atoms with Crippen LogP contribution in [-0.4, -0.2) is 45.4 Å². The lowest BCUT2D eigenvalue weighted by atomic mass is 10.3. The fraction of sp³-hybridized carbons (Fsp3) is 0.357. The molecular weight excluding hydrogens is 304 g/mol. The van der Waals surface area contributed by atoms with Gasteiger partial charge in [0.2, 0.25) is 10.0 Å². The predicted octanol–water partition coefficient (Wildman–Crippen LogP) is 0.769. The SMILES string of the molecule is CNCCCNS(=O)(=O)c1cnn(-c2ccccc2OC)c1. The summed E-state index contributed by atoms with van der Waals surface area (Å²) < 4.78 is 33.6. The highest BCUT2D eigenvalue weighted by atomic mass is 32.2. The smallest absolute Gasteiger partial charge is 0.243 e. The molecule has 0 aliphatic rings. The van der Waals surface area contributed by atoms with Crippen molar-refractivity contribution >= 4 is 10.0 Å².